The number of piperidine rings is 1. The number of pyridine rings is 1. The largest absolute Gasteiger partial charge is 0.352 e. The molecular formula is C13H21Cl2N3O. The minimum Gasteiger partial charge on any atom is -0.352 e. The standard InChI is InChI=1S/C13H19N3O.2ClH/c17-13(16-12-5-3-8-14-10-12)7-6-11-4-1-2-9-15-11;;/h1-2,4,9,12,14H,3,5-8,10H2,(H,16,17);2*1H/t12-;;/m0../s1. The van der Waals surface area contributed by atoms with Crippen molar-refractivity contribution in [2.45, 2.75) is 31.7 Å². The summed E-state index contributed by atoms with van der Waals surface area (Å²) in [7, 11) is 0. The maximum atomic E-state index is 11.7. The van der Waals surface area contributed by atoms with Crippen LogP contribution in [0.15, 0.2) is 24.4 Å². The Kier molecular flexibility index (Phi) is 9.57. The van der Waals surface area contributed by atoms with Crippen molar-refractivity contribution in [1.82, 2.24) is 15.6 Å². The Morgan fingerprint density at radius 2 is 2.26 bits per heavy atom. The van der Waals surface area contributed by atoms with Gasteiger partial charge in [0.2, 0.25) is 5.91 Å². The Balaban J connectivity index is 0.00000162. The van der Waals surface area contributed by atoms with Crippen LogP contribution in [0, 0.1) is 0 Å². The fourth-order valence-corrected chi connectivity index (χ4v) is 2.06. The van der Waals surface area contributed by atoms with E-state index in [2.05, 4.69) is 15.6 Å². The number of aromatic nitrogens is 1. The van der Waals surface area contributed by atoms with Crippen LogP contribution in [0.4, 0.5) is 0 Å². The van der Waals surface area contributed by atoms with Gasteiger partial charge in [-0.2, -0.15) is 0 Å². The van der Waals surface area contributed by atoms with Crippen LogP contribution in [0.5, 0.6) is 0 Å². The van der Waals surface area contributed by atoms with Crippen LogP contribution in [0.3, 0.4) is 0 Å². The monoisotopic (exact) mass is 305 g/mol. The average molecular weight is 306 g/mol. The summed E-state index contributed by atoms with van der Waals surface area (Å²) in [5, 5.41) is 6.35. The average Bonchev–Trinajstić information content (AvgIpc) is 2.39. The molecule has 2 heterocycles. The minimum atomic E-state index is 0. The van der Waals surface area contributed by atoms with Crippen molar-refractivity contribution in [3.63, 3.8) is 0 Å². The molecular weight excluding hydrogens is 285 g/mol. The molecule has 1 aliphatic heterocycles. The molecule has 1 atom stereocenters. The molecule has 108 valence electrons. The minimum absolute atomic E-state index is 0. The zero-order valence-corrected chi connectivity index (χ0v) is 12.4. The number of rotatable bonds is 4. The highest BCUT2D eigenvalue weighted by Crippen LogP contribution is 2.03. The summed E-state index contributed by atoms with van der Waals surface area (Å²) in [5.74, 6) is 0.129. The van der Waals surface area contributed by atoms with Crippen LogP contribution in [-0.4, -0.2) is 30.0 Å². The summed E-state index contributed by atoms with van der Waals surface area (Å²) >= 11 is 0. The van der Waals surface area contributed by atoms with E-state index >= 15 is 0 Å². The first kappa shape index (κ1) is 18.2. The van der Waals surface area contributed by atoms with Crippen molar-refractivity contribution in [2.24, 2.45) is 0 Å². The van der Waals surface area contributed by atoms with Crippen molar-refractivity contribution in [2.75, 3.05) is 13.1 Å². The van der Waals surface area contributed by atoms with Gasteiger partial charge in [-0.25, -0.2) is 0 Å². The number of nitrogens with zero attached hydrogens (tertiary/aromatic N) is 1. The summed E-state index contributed by atoms with van der Waals surface area (Å²) in [6, 6.07) is 6.10. The normalized spacial score (nSPS) is 17.8. The number of nitrogens with one attached hydrogen (secondary N) is 2. The molecule has 0 aromatic carbocycles. The van der Waals surface area contributed by atoms with Crippen LogP contribution in [-0.2, 0) is 11.2 Å². The fraction of sp³-hybridized carbons (Fsp3) is 0.538. The molecule has 1 aromatic heterocycles. The molecule has 1 fully saturated rings. The summed E-state index contributed by atoms with van der Waals surface area (Å²) < 4.78 is 0. The van der Waals surface area contributed by atoms with Crippen LogP contribution >= 0.6 is 24.8 Å². The molecule has 2 rings (SSSR count). The Bertz CT molecular complexity index is 356. The molecule has 2 N–H and O–H groups in total. The fourth-order valence-electron chi connectivity index (χ4n) is 2.06. The molecule has 0 radical (unpaired) electrons. The summed E-state index contributed by atoms with van der Waals surface area (Å²) in [6.45, 7) is 1.97. The predicted octanol–water partition coefficient (Wildman–Crippen LogP) is 1.73. The molecule has 0 bridgehead atoms. The number of carbonyl (C=O) groups is 1. The molecule has 0 unspecified atom stereocenters. The van der Waals surface area contributed by atoms with Gasteiger partial charge in [-0.3, -0.25) is 9.78 Å². The molecule has 0 spiro atoms. The van der Waals surface area contributed by atoms with E-state index in [9.17, 15) is 4.79 Å². The lowest BCUT2D eigenvalue weighted by molar-refractivity contribution is -0.121. The van der Waals surface area contributed by atoms with E-state index in [1.807, 2.05) is 18.2 Å². The highest BCUT2D eigenvalue weighted by molar-refractivity contribution is 5.85. The topological polar surface area (TPSA) is 54.0 Å². The quantitative estimate of drug-likeness (QED) is 0.891. The van der Waals surface area contributed by atoms with Gasteiger partial charge in [-0.1, -0.05) is 6.07 Å². The Hall–Kier alpha value is -0.840. The molecule has 1 saturated heterocycles. The predicted molar refractivity (Wildman–Crippen MR) is 81.1 cm³/mol. The molecule has 0 saturated carbocycles. The highest BCUT2D eigenvalue weighted by atomic mass is 35.5. The van der Waals surface area contributed by atoms with Crippen molar-refractivity contribution < 1.29 is 4.79 Å². The van der Waals surface area contributed by atoms with E-state index in [-0.39, 0.29) is 30.7 Å². The SMILES string of the molecule is Cl.Cl.O=C(CCc1ccccn1)N[C@H]1CCCNC1. The van der Waals surface area contributed by atoms with Gasteiger partial charge in [0.05, 0.1) is 0 Å². The maximum Gasteiger partial charge on any atom is 0.220 e. The number of amides is 1. The third kappa shape index (κ3) is 6.76. The van der Waals surface area contributed by atoms with E-state index < -0.39 is 0 Å². The second-order valence-corrected chi connectivity index (χ2v) is 4.43. The second-order valence-electron chi connectivity index (χ2n) is 4.43. The first-order chi connectivity index (χ1) is 8.34. The molecule has 0 aliphatic carbocycles. The molecule has 1 aromatic rings. The smallest absolute Gasteiger partial charge is 0.220 e. The molecule has 4 nitrogen and oxygen atoms in total. The van der Waals surface area contributed by atoms with Crippen LogP contribution in [0.25, 0.3) is 0 Å². The Labute approximate surface area is 126 Å². The number of hydrogen-bond donors (Lipinski definition) is 2. The number of carbonyl (C=O) groups excluding carboxylic acids is 1. The van der Waals surface area contributed by atoms with Gasteiger partial charge in [0.25, 0.3) is 0 Å². The van der Waals surface area contributed by atoms with E-state index in [1.54, 1.807) is 6.20 Å². The zero-order chi connectivity index (χ0) is 11.9. The summed E-state index contributed by atoms with van der Waals surface area (Å²) in [6.07, 6.45) is 5.23. The molecule has 19 heavy (non-hydrogen) atoms. The van der Waals surface area contributed by atoms with E-state index in [1.165, 1.54) is 0 Å². The Morgan fingerprint density at radius 1 is 1.42 bits per heavy atom. The van der Waals surface area contributed by atoms with Crippen molar-refractivity contribution >= 4 is 30.7 Å². The number of aryl methyl sites for hydroxylation is 1. The van der Waals surface area contributed by atoms with Gasteiger partial charge in [0.15, 0.2) is 0 Å². The van der Waals surface area contributed by atoms with Crippen LogP contribution < -0.4 is 10.6 Å². The summed E-state index contributed by atoms with van der Waals surface area (Å²) in [5.41, 5.74) is 0.976. The van der Waals surface area contributed by atoms with Gasteiger partial charge < -0.3 is 10.6 Å². The zero-order valence-electron chi connectivity index (χ0n) is 10.8. The molecule has 6 heteroatoms. The lowest BCUT2D eigenvalue weighted by Gasteiger charge is -2.23. The third-order valence-electron chi connectivity index (χ3n) is 3.00. The van der Waals surface area contributed by atoms with E-state index in [0.717, 1.165) is 31.6 Å². The maximum absolute atomic E-state index is 11.7. The number of hydrogen-bond acceptors (Lipinski definition) is 3. The van der Waals surface area contributed by atoms with E-state index in [0.29, 0.717) is 18.9 Å². The van der Waals surface area contributed by atoms with Crippen LogP contribution in [0.2, 0.25) is 0 Å². The van der Waals surface area contributed by atoms with Gasteiger partial charge in [-0.05, 0) is 37.9 Å². The van der Waals surface area contributed by atoms with Gasteiger partial charge in [0.1, 0.15) is 0 Å². The van der Waals surface area contributed by atoms with Gasteiger partial charge in [-0.15, -0.1) is 24.8 Å². The number of halogens is 2. The second kappa shape index (κ2) is 10.0. The molecule has 1 amide bonds. The van der Waals surface area contributed by atoms with Crippen molar-refractivity contribution in [3.05, 3.63) is 30.1 Å². The van der Waals surface area contributed by atoms with Gasteiger partial charge in [0, 0.05) is 30.9 Å². The first-order valence-electron chi connectivity index (χ1n) is 6.24. The lowest BCUT2D eigenvalue weighted by atomic mass is 10.1. The van der Waals surface area contributed by atoms with Crippen LogP contribution in [0.1, 0.15) is 25.0 Å². The highest BCUT2D eigenvalue weighted by Gasteiger charge is 2.14. The Morgan fingerprint density at radius 3 is 2.89 bits per heavy atom. The van der Waals surface area contributed by atoms with Gasteiger partial charge >= 0.3 is 0 Å². The van der Waals surface area contributed by atoms with E-state index in [4.69, 9.17) is 0 Å². The third-order valence-corrected chi connectivity index (χ3v) is 3.00. The van der Waals surface area contributed by atoms with Crippen molar-refractivity contribution in [1.29, 1.82) is 0 Å². The summed E-state index contributed by atoms with van der Waals surface area (Å²) in [4.78, 5) is 15.9. The molecule has 1 aliphatic rings. The first-order valence-corrected chi connectivity index (χ1v) is 6.24. The van der Waals surface area contributed by atoms with Crippen molar-refractivity contribution in [3.8, 4) is 0 Å². The lowest BCUT2D eigenvalue weighted by Crippen LogP contribution is -2.45.